The maximum atomic E-state index is 12.5. The van der Waals surface area contributed by atoms with E-state index in [1.807, 2.05) is 18.2 Å². The Labute approximate surface area is 151 Å². The smallest absolute Gasteiger partial charge is 0.326 e. The first kappa shape index (κ1) is 18.1. The van der Waals surface area contributed by atoms with Crippen molar-refractivity contribution >= 4 is 28.7 Å². The highest BCUT2D eigenvalue weighted by molar-refractivity contribution is 6.07. The zero-order valence-corrected chi connectivity index (χ0v) is 15.2. The fraction of sp³-hybridized carbons (Fsp3) is 0.474. The van der Waals surface area contributed by atoms with Gasteiger partial charge in [-0.15, -0.1) is 0 Å². The highest BCUT2D eigenvalue weighted by atomic mass is 16.6. The van der Waals surface area contributed by atoms with Gasteiger partial charge in [0, 0.05) is 13.0 Å². The minimum absolute atomic E-state index is 0.107. The number of imidazole rings is 1. The highest BCUT2D eigenvalue weighted by Crippen LogP contribution is 2.26. The molecule has 0 radical (unpaired) electrons. The van der Waals surface area contributed by atoms with E-state index in [1.165, 1.54) is 0 Å². The Kier molecular flexibility index (Phi) is 4.80. The Hall–Kier alpha value is -2.70. The van der Waals surface area contributed by atoms with E-state index < -0.39 is 17.5 Å². The molecule has 1 aromatic heterocycles. The third-order valence-corrected chi connectivity index (χ3v) is 4.13. The zero-order chi connectivity index (χ0) is 18.9. The monoisotopic (exact) mass is 357 g/mol. The Morgan fingerprint density at radius 1 is 1.31 bits per heavy atom. The van der Waals surface area contributed by atoms with Crippen LogP contribution in [0.25, 0.3) is 11.0 Å². The molecule has 1 fully saturated rings. The van der Waals surface area contributed by atoms with Crippen molar-refractivity contribution in [1.29, 1.82) is 0 Å². The van der Waals surface area contributed by atoms with Crippen LogP contribution in [0.1, 0.15) is 45.4 Å². The van der Waals surface area contributed by atoms with E-state index in [0.717, 1.165) is 0 Å². The maximum Gasteiger partial charge on any atom is 0.326 e. The van der Waals surface area contributed by atoms with Crippen molar-refractivity contribution in [2.75, 3.05) is 6.54 Å². The minimum Gasteiger partial charge on any atom is -0.459 e. The van der Waals surface area contributed by atoms with Gasteiger partial charge in [0.15, 0.2) is 11.7 Å². The number of carbonyl (C=O) groups excluding carboxylic acids is 3. The summed E-state index contributed by atoms with van der Waals surface area (Å²) >= 11 is 0. The van der Waals surface area contributed by atoms with Gasteiger partial charge in [0.05, 0.1) is 11.0 Å². The van der Waals surface area contributed by atoms with Gasteiger partial charge in [0.25, 0.3) is 0 Å². The van der Waals surface area contributed by atoms with E-state index in [0.29, 0.717) is 36.2 Å². The molecule has 0 saturated carbocycles. The number of aromatic nitrogens is 2. The van der Waals surface area contributed by atoms with E-state index >= 15 is 0 Å². The van der Waals surface area contributed by atoms with Crippen molar-refractivity contribution in [2.45, 2.75) is 51.7 Å². The summed E-state index contributed by atoms with van der Waals surface area (Å²) in [6.45, 7) is 5.73. The predicted molar refractivity (Wildman–Crippen MR) is 95.6 cm³/mol. The second kappa shape index (κ2) is 6.90. The van der Waals surface area contributed by atoms with Crippen LogP contribution in [-0.2, 0) is 25.7 Å². The number of benzene rings is 1. The van der Waals surface area contributed by atoms with Gasteiger partial charge in [-0.3, -0.25) is 14.4 Å². The fourth-order valence-electron chi connectivity index (χ4n) is 3.11. The van der Waals surface area contributed by atoms with Crippen LogP contribution < -0.4 is 5.32 Å². The second-order valence-electron chi connectivity index (χ2n) is 7.43. The molecule has 1 aliphatic rings. The van der Waals surface area contributed by atoms with Gasteiger partial charge in [-0.05, 0) is 39.3 Å². The Morgan fingerprint density at radius 3 is 2.77 bits per heavy atom. The van der Waals surface area contributed by atoms with E-state index in [2.05, 4.69) is 10.3 Å². The summed E-state index contributed by atoms with van der Waals surface area (Å²) in [5.41, 5.74) is 0.706. The molecule has 2 aromatic rings. The summed E-state index contributed by atoms with van der Waals surface area (Å²) in [5, 5.41) is 2.76. The van der Waals surface area contributed by atoms with E-state index in [4.69, 9.17) is 4.74 Å². The van der Waals surface area contributed by atoms with Gasteiger partial charge in [-0.1, -0.05) is 12.1 Å². The summed E-state index contributed by atoms with van der Waals surface area (Å²) in [4.78, 5) is 41.9. The number of hydrogen-bond donors (Lipinski definition) is 1. The number of ether oxygens (including phenoxy) is 1. The SMILES string of the molecule is CC(C)(C)OC(=O)Cn1c(C2C(=O)CCCNC2=O)nc2ccccc21. The number of carbonyl (C=O) groups is 3. The lowest BCUT2D eigenvalue weighted by Gasteiger charge is -2.21. The number of ketones is 1. The van der Waals surface area contributed by atoms with E-state index in [-0.39, 0.29) is 18.2 Å². The number of Topliss-reactive ketones (excluding diaryl/α,β-unsaturated/α-hetero) is 1. The van der Waals surface area contributed by atoms with Gasteiger partial charge in [-0.25, -0.2) is 4.98 Å². The van der Waals surface area contributed by atoms with Gasteiger partial charge in [0.1, 0.15) is 18.0 Å². The molecular weight excluding hydrogens is 334 g/mol. The summed E-state index contributed by atoms with van der Waals surface area (Å²) < 4.78 is 7.03. The fourth-order valence-corrected chi connectivity index (χ4v) is 3.11. The first-order chi connectivity index (χ1) is 12.3. The zero-order valence-electron chi connectivity index (χ0n) is 15.2. The van der Waals surface area contributed by atoms with Gasteiger partial charge in [0.2, 0.25) is 5.91 Å². The Balaban J connectivity index is 2.05. The summed E-state index contributed by atoms with van der Waals surface area (Å²) in [6, 6.07) is 7.26. The first-order valence-corrected chi connectivity index (χ1v) is 8.74. The normalized spacial score (nSPS) is 18.5. The quantitative estimate of drug-likeness (QED) is 0.670. The van der Waals surface area contributed by atoms with Crippen LogP contribution in [-0.4, -0.2) is 39.4 Å². The molecule has 1 amide bonds. The molecule has 1 aliphatic heterocycles. The molecular formula is C19H23N3O4. The second-order valence-corrected chi connectivity index (χ2v) is 7.43. The molecule has 26 heavy (non-hydrogen) atoms. The lowest BCUT2D eigenvalue weighted by atomic mass is 10.00. The molecule has 2 heterocycles. The van der Waals surface area contributed by atoms with Crippen molar-refractivity contribution in [3.05, 3.63) is 30.1 Å². The van der Waals surface area contributed by atoms with Gasteiger partial charge >= 0.3 is 5.97 Å². The summed E-state index contributed by atoms with van der Waals surface area (Å²) in [6.07, 6.45) is 0.909. The Bertz CT molecular complexity index is 845. The van der Waals surface area contributed by atoms with Crippen molar-refractivity contribution in [1.82, 2.24) is 14.9 Å². The largest absolute Gasteiger partial charge is 0.459 e. The maximum absolute atomic E-state index is 12.5. The molecule has 1 atom stereocenters. The molecule has 7 nitrogen and oxygen atoms in total. The van der Waals surface area contributed by atoms with Crippen LogP contribution in [0, 0.1) is 0 Å². The molecule has 1 N–H and O–H groups in total. The average Bonchev–Trinajstić information content (AvgIpc) is 2.79. The number of fused-ring (bicyclic) bond motifs is 1. The van der Waals surface area contributed by atoms with Crippen LogP contribution in [0.4, 0.5) is 0 Å². The lowest BCUT2D eigenvalue weighted by Crippen LogP contribution is -2.33. The van der Waals surface area contributed by atoms with Gasteiger partial charge < -0.3 is 14.6 Å². The number of nitrogens with one attached hydrogen (secondary N) is 1. The van der Waals surface area contributed by atoms with Crippen LogP contribution in [0.5, 0.6) is 0 Å². The molecule has 3 rings (SSSR count). The number of esters is 1. The standard InChI is InChI=1S/C19H23N3O4/c1-19(2,3)26-15(24)11-22-13-8-5-4-7-12(13)21-17(22)16-14(23)9-6-10-20-18(16)25/h4-5,7-8,16H,6,9-11H2,1-3H3,(H,20,25). The minimum atomic E-state index is -1.01. The van der Waals surface area contributed by atoms with Gasteiger partial charge in [-0.2, -0.15) is 0 Å². The molecule has 7 heteroatoms. The van der Waals surface area contributed by atoms with Crippen molar-refractivity contribution in [3.8, 4) is 0 Å². The number of hydrogen-bond acceptors (Lipinski definition) is 5. The summed E-state index contributed by atoms with van der Waals surface area (Å²) in [5.74, 6) is -1.70. The average molecular weight is 357 g/mol. The first-order valence-electron chi connectivity index (χ1n) is 8.74. The molecule has 0 bridgehead atoms. The van der Waals surface area contributed by atoms with Crippen LogP contribution in [0.2, 0.25) is 0 Å². The van der Waals surface area contributed by atoms with E-state index in [1.54, 1.807) is 31.4 Å². The number of para-hydroxylation sites is 2. The van der Waals surface area contributed by atoms with Crippen LogP contribution >= 0.6 is 0 Å². The number of rotatable bonds is 3. The van der Waals surface area contributed by atoms with Crippen LogP contribution in [0.3, 0.4) is 0 Å². The molecule has 1 unspecified atom stereocenters. The van der Waals surface area contributed by atoms with Crippen LogP contribution in [0.15, 0.2) is 24.3 Å². The number of nitrogens with zero attached hydrogens (tertiary/aromatic N) is 2. The topological polar surface area (TPSA) is 90.3 Å². The third-order valence-electron chi connectivity index (χ3n) is 4.13. The molecule has 1 aromatic carbocycles. The molecule has 0 aliphatic carbocycles. The summed E-state index contributed by atoms with van der Waals surface area (Å²) in [7, 11) is 0. The molecule has 1 saturated heterocycles. The number of amides is 1. The van der Waals surface area contributed by atoms with Crippen molar-refractivity contribution in [2.24, 2.45) is 0 Å². The highest BCUT2D eigenvalue weighted by Gasteiger charge is 2.35. The van der Waals surface area contributed by atoms with E-state index in [9.17, 15) is 14.4 Å². The Morgan fingerprint density at radius 2 is 2.04 bits per heavy atom. The molecule has 138 valence electrons. The van der Waals surface area contributed by atoms with Crippen molar-refractivity contribution < 1.29 is 19.1 Å². The predicted octanol–water partition coefficient (Wildman–Crippen LogP) is 1.94. The lowest BCUT2D eigenvalue weighted by molar-refractivity contribution is -0.155. The third kappa shape index (κ3) is 3.76. The van der Waals surface area contributed by atoms with Crippen molar-refractivity contribution in [3.63, 3.8) is 0 Å². The molecule has 0 spiro atoms.